The van der Waals surface area contributed by atoms with Crippen molar-refractivity contribution in [2.24, 2.45) is 5.92 Å². The number of aliphatic hydroxyl groups excluding tert-OH is 1. The maximum absolute atomic E-state index is 13.0. The summed E-state index contributed by atoms with van der Waals surface area (Å²) in [5.74, 6) is 1.33. The smallest absolute Gasteiger partial charge is 0.243 e. The van der Waals surface area contributed by atoms with Crippen LogP contribution in [0.3, 0.4) is 0 Å². The van der Waals surface area contributed by atoms with Gasteiger partial charge in [-0.15, -0.1) is 0 Å². The van der Waals surface area contributed by atoms with Crippen molar-refractivity contribution >= 4 is 10.0 Å². The first kappa shape index (κ1) is 18.7. The van der Waals surface area contributed by atoms with E-state index in [0.717, 1.165) is 0 Å². The summed E-state index contributed by atoms with van der Waals surface area (Å²) in [7, 11) is -0.704. The van der Waals surface area contributed by atoms with Gasteiger partial charge in [0.25, 0.3) is 0 Å². The van der Waals surface area contributed by atoms with Gasteiger partial charge in [0.2, 0.25) is 10.0 Å². The van der Waals surface area contributed by atoms with Crippen LogP contribution >= 0.6 is 0 Å². The molecule has 1 aromatic carbocycles. The monoisotopic (exact) mass is 381 g/mol. The highest BCUT2D eigenvalue weighted by atomic mass is 32.2. The van der Waals surface area contributed by atoms with E-state index in [9.17, 15) is 13.5 Å². The Kier molecular flexibility index (Phi) is 5.49. The van der Waals surface area contributed by atoms with Crippen LogP contribution in [0.4, 0.5) is 0 Å². The molecule has 1 atom stereocenters. The summed E-state index contributed by atoms with van der Waals surface area (Å²) in [5, 5.41) is 10.4. The lowest BCUT2D eigenvalue weighted by molar-refractivity contribution is 0.0696. The van der Waals surface area contributed by atoms with Crippen molar-refractivity contribution in [3.8, 4) is 11.5 Å². The summed E-state index contributed by atoms with van der Waals surface area (Å²) in [6, 6.07) is 4.61. The molecule has 3 rings (SSSR count). The van der Waals surface area contributed by atoms with E-state index < -0.39 is 16.1 Å². The largest absolute Gasteiger partial charge is 0.497 e. The number of hydrogen-bond acceptors (Lipinski definition) is 6. The highest BCUT2D eigenvalue weighted by Gasteiger charge is 2.33. The summed E-state index contributed by atoms with van der Waals surface area (Å²) in [6.07, 6.45) is 3.65. The number of ether oxygens (including phenoxy) is 2. The third-order valence-corrected chi connectivity index (χ3v) is 6.58. The Hall–Kier alpha value is -2.10. The predicted octanol–water partition coefficient (Wildman–Crippen LogP) is 1.56. The molecule has 2 aromatic rings. The second-order valence-electron chi connectivity index (χ2n) is 6.21. The van der Waals surface area contributed by atoms with Crippen molar-refractivity contribution in [1.82, 2.24) is 14.3 Å². The van der Waals surface area contributed by atoms with Crippen molar-refractivity contribution in [3.05, 3.63) is 36.4 Å². The molecule has 1 fully saturated rings. The Bertz CT molecular complexity index is 808. The molecular formula is C17H23N3O5S. The molecule has 142 valence electrons. The lowest BCUT2D eigenvalue weighted by Crippen LogP contribution is -2.39. The first-order valence-electron chi connectivity index (χ1n) is 8.36. The average molecular weight is 381 g/mol. The van der Waals surface area contributed by atoms with Gasteiger partial charge in [-0.25, -0.2) is 13.4 Å². The zero-order valence-electron chi connectivity index (χ0n) is 14.8. The van der Waals surface area contributed by atoms with Crippen LogP contribution in [-0.4, -0.2) is 55.1 Å². The lowest BCUT2D eigenvalue weighted by Gasteiger charge is -2.33. The molecule has 1 aliphatic heterocycles. The summed E-state index contributed by atoms with van der Waals surface area (Å²) < 4.78 is 37.7. The van der Waals surface area contributed by atoms with Crippen molar-refractivity contribution in [3.63, 3.8) is 0 Å². The number of hydrogen-bond donors (Lipinski definition) is 2. The Morgan fingerprint density at radius 3 is 2.31 bits per heavy atom. The van der Waals surface area contributed by atoms with Gasteiger partial charge in [0, 0.05) is 43.7 Å². The maximum atomic E-state index is 13.0. The van der Waals surface area contributed by atoms with E-state index in [4.69, 9.17) is 9.47 Å². The maximum Gasteiger partial charge on any atom is 0.243 e. The minimum atomic E-state index is -3.66. The Morgan fingerprint density at radius 1 is 1.19 bits per heavy atom. The Balaban J connectivity index is 1.74. The third-order valence-electron chi connectivity index (χ3n) is 4.71. The van der Waals surface area contributed by atoms with Crippen LogP contribution in [0.1, 0.15) is 24.8 Å². The number of rotatable bonds is 6. The predicted molar refractivity (Wildman–Crippen MR) is 94.6 cm³/mol. The highest BCUT2D eigenvalue weighted by Crippen LogP contribution is 2.33. The summed E-state index contributed by atoms with van der Waals surface area (Å²) in [6.45, 7) is 0.675. The molecule has 1 aromatic heterocycles. The Labute approximate surface area is 152 Å². The number of sulfonamides is 1. The van der Waals surface area contributed by atoms with Gasteiger partial charge in [-0.3, -0.25) is 0 Å². The zero-order chi connectivity index (χ0) is 18.7. The molecule has 1 aliphatic rings. The van der Waals surface area contributed by atoms with Gasteiger partial charge in [-0.2, -0.15) is 4.31 Å². The fourth-order valence-electron chi connectivity index (χ4n) is 3.17. The minimum absolute atomic E-state index is 0.0348. The molecule has 0 bridgehead atoms. The number of aliphatic hydroxyl groups is 1. The number of piperidine rings is 1. The molecule has 9 heteroatoms. The summed E-state index contributed by atoms with van der Waals surface area (Å²) in [5.41, 5.74) is 0. The Morgan fingerprint density at radius 2 is 1.81 bits per heavy atom. The molecule has 0 aliphatic carbocycles. The topological polar surface area (TPSA) is 105 Å². The molecule has 1 unspecified atom stereocenters. The number of nitrogens with one attached hydrogen (secondary N) is 1. The van der Waals surface area contributed by atoms with Gasteiger partial charge in [0.15, 0.2) is 0 Å². The van der Waals surface area contributed by atoms with E-state index in [1.54, 1.807) is 18.5 Å². The molecule has 0 spiro atoms. The normalized spacial score (nSPS) is 17.8. The fourth-order valence-corrected chi connectivity index (χ4v) is 4.69. The fraction of sp³-hybridized carbons (Fsp3) is 0.471. The van der Waals surface area contributed by atoms with Crippen LogP contribution < -0.4 is 9.47 Å². The first-order valence-corrected chi connectivity index (χ1v) is 9.80. The number of benzene rings is 1. The van der Waals surface area contributed by atoms with E-state index in [2.05, 4.69) is 9.97 Å². The van der Waals surface area contributed by atoms with Crippen molar-refractivity contribution in [2.45, 2.75) is 23.8 Å². The number of nitrogens with zero attached hydrogens (tertiary/aromatic N) is 2. The van der Waals surface area contributed by atoms with Gasteiger partial charge in [-0.05, 0) is 18.8 Å². The molecule has 8 nitrogen and oxygen atoms in total. The number of aromatic nitrogens is 2. The van der Waals surface area contributed by atoms with Crippen LogP contribution in [0.15, 0.2) is 35.5 Å². The van der Waals surface area contributed by atoms with Gasteiger partial charge >= 0.3 is 0 Å². The van der Waals surface area contributed by atoms with Crippen molar-refractivity contribution in [2.75, 3.05) is 27.3 Å². The van der Waals surface area contributed by atoms with Crippen LogP contribution in [0.5, 0.6) is 11.5 Å². The molecule has 0 radical (unpaired) electrons. The van der Waals surface area contributed by atoms with Gasteiger partial charge in [0.1, 0.15) is 23.4 Å². The number of H-pyrrole nitrogens is 1. The van der Waals surface area contributed by atoms with Gasteiger partial charge in [0.05, 0.1) is 19.1 Å². The molecule has 2 N–H and O–H groups in total. The van der Waals surface area contributed by atoms with E-state index in [-0.39, 0.29) is 10.8 Å². The average Bonchev–Trinajstić information content (AvgIpc) is 3.21. The standard InChI is InChI=1S/C17H23N3O5S/c1-24-13-9-14(25-2)11-15(10-13)26(22,23)20-7-3-12(4-8-20)16(21)17-18-5-6-19-17/h5-6,9-12,16,21H,3-4,7-8H2,1-2H3,(H,18,19). The van der Waals surface area contributed by atoms with E-state index in [1.807, 2.05) is 0 Å². The second kappa shape index (κ2) is 7.65. The van der Waals surface area contributed by atoms with E-state index >= 15 is 0 Å². The van der Waals surface area contributed by atoms with E-state index in [0.29, 0.717) is 43.3 Å². The number of imidazole rings is 1. The molecule has 2 heterocycles. The number of methoxy groups -OCH3 is 2. The SMILES string of the molecule is COc1cc(OC)cc(S(=O)(=O)N2CCC(C(O)c3ncc[nH]3)CC2)c1. The minimum Gasteiger partial charge on any atom is -0.497 e. The van der Waals surface area contributed by atoms with Crippen molar-refractivity contribution < 1.29 is 23.0 Å². The van der Waals surface area contributed by atoms with Gasteiger partial charge in [-0.1, -0.05) is 0 Å². The third kappa shape index (κ3) is 3.69. The second-order valence-corrected chi connectivity index (χ2v) is 8.15. The molecule has 0 amide bonds. The van der Waals surface area contributed by atoms with Crippen molar-refractivity contribution in [1.29, 1.82) is 0 Å². The summed E-state index contributed by atoms with van der Waals surface area (Å²) in [4.78, 5) is 7.12. The van der Waals surface area contributed by atoms with Crippen LogP contribution in [-0.2, 0) is 10.0 Å². The first-order chi connectivity index (χ1) is 12.5. The molecule has 26 heavy (non-hydrogen) atoms. The summed E-state index contributed by atoms with van der Waals surface area (Å²) >= 11 is 0. The van der Waals surface area contributed by atoms with Gasteiger partial charge < -0.3 is 19.6 Å². The van der Waals surface area contributed by atoms with Crippen LogP contribution in [0.25, 0.3) is 0 Å². The molecular weight excluding hydrogens is 358 g/mol. The number of aromatic amines is 1. The quantitative estimate of drug-likeness (QED) is 0.787. The van der Waals surface area contributed by atoms with Crippen LogP contribution in [0, 0.1) is 5.92 Å². The van der Waals surface area contributed by atoms with Crippen LogP contribution in [0.2, 0.25) is 0 Å². The molecule has 0 saturated carbocycles. The molecule has 1 saturated heterocycles. The lowest BCUT2D eigenvalue weighted by atomic mass is 9.92. The van der Waals surface area contributed by atoms with E-state index in [1.165, 1.54) is 30.7 Å². The zero-order valence-corrected chi connectivity index (χ0v) is 15.6. The highest BCUT2D eigenvalue weighted by molar-refractivity contribution is 7.89.